The maximum Gasteiger partial charge on any atom is 0.192 e. The molecule has 0 aliphatic heterocycles. The van der Waals surface area contributed by atoms with Gasteiger partial charge in [0.05, 0.1) is 23.8 Å². The van der Waals surface area contributed by atoms with Crippen LogP contribution in [0.15, 0.2) is 28.0 Å². The number of carbonyl (C=O) groups excluding carboxylic acids is 2. The molecule has 1 N–H and O–H groups in total. The highest BCUT2D eigenvalue weighted by molar-refractivity contribution is 8.00. The van der Waals surface area contributed by atoms with Gasteiger partial charge < -0.3 is 9.40 Å². The van der Waals surface area contributed by atoms with Crippen molar-refractivity contribution in [3.63, 3.8) is 0 Å². The Morgan fingerprint density at radius 1 is 1.34 bits per heavy atom. The molecule has 1 atom stereocenters. The van der Waals surface area contributed by atoms with Crippen LogP contribution >= 0.6 is 11.8 Å². The number of rotatable bonds is 8. The highest BCUT2D eigenvalue weighted by Crippen LogP contribution is 2.40. The number of nitrogens with one attached hydrogen (secondary N) is 1. The van der Waals surface area contributed by atoms with Gasteiger partial charge in [-0.3, -0.25) is 14.2 Å². The highest BCUT2D eigenvalue weighted by Gasteiger charge is 2.32. The van der Waals surface area contributed by atoms with E-state index in [4.69, 9.17) is 4.42 Å². The minimum Gasteiger partial charge on any atom is -0.467 e. The number of thioether (sulfide) groups is 1. The van der Waals surface area contributed by atoms with E-state index in [1.54, 1.807) is 6.26 Å². The van der Waals surface area contributed by atoms with Crippen LogP contribution in [0, 0.1) is 13.8 Å². The largest absolute Gasteiger partial charge is 0.467 e. The first kappa shape index (κ1) is 19.7. The summed E-state index contributed by atoms with van der Waals surface area (Å²) in [5, 5.41) is 9.08. The van der Waals surface area contributed by atoms with Gasteiger partial charge in [-0.25, -0.2) is 0 Å². The quantitative estimate of drug-likeness (QED) is 0.438. The molecule has 3 aromatic rings. The number of nitrogens with zero attached hydrogens (tertiary/aromatic N) is 3. The number of Topliss-reactive ketones (excluding diaryl/α,β-unsaturated/α-hetero) is 2. The van der Waals surface area contributed by atoms with Crippen molar-refractivity contribution in [1.29, 1.82) is 0 Å². The second kappa shape index (κ2) is 7.67. The predicted octanol–water partition coefficient (Wildman–Crippen LogP) is 4.31. The number of furan rings is 1. The molecule has 3 heterocycles. The Morgan fingerprint density at radius 2 is 2.10 bits per heavy atom. The van der Waals surface area contributed by atoms with Crippen LogP contribution in [-0.4, -0.2) is 36.6 Å². The number of aryl methyl sites for hydroxylation is 1. The van der Waals surface area contributed by atoms with Gasteiger partial charge in [-0.2, -0.15) is 0 Å². The van der Waals surface area contributed by atoms with Gasteiger partial charge in [0.15, 0.2) is 16.7 Å². The van der Waals surface area contributed by atoms with Crippen LogP contribution in [0.2, 0.25) is 0 Å². The van der Waals surface area contributed by atoms with Crippen LogP contribution in [0.4, 0.5) is 0 Å². The van der Waals surface area contributed by atoms with E-state index in [1.165, 1.54) is 18.7 Å². The third-order valence-electron chi connectivity index (χ3n) is 5.27. The smallest absolute Gasteiger partial charge is 0.192 e. The minimum atomic E-state index is -0.377. The van der Waals surface area contributed by atoms with E-state index in [0.29, 0.717) is 34.4 Å². The molecule has 0 saturated heterocycles. The molecule has 8 heteroatoms. The molecule has 0 radical (unpaired) electrons. The van der Waals surface area contributed by atoms with Crippen LogP contribution in [0.1, 0.15) is 76.3 Å². The monoisotopic (exact) mass is 412 g/mol. The van der Waals surface area contributed by atoms with Gasteiger partial charge in [-0.1, -0.05) is 11.8 Å². The van der Waals surface area contributed by atoms with Crippen LogP contribution < -0.4 is 0 Å². The maximum atomic E-state index is 13.1. The zero-order chi connectivity index (χ0) is 20.7. The van der Waals surface area contributed by atoms with Crippen LogP contribution in [0.25, 0.3) is 0 Å². The van der Waals surface area contributed by atoms with Gasteiger partial charge >= 0.3 is 0 Å². The first-order valence-corrected chi connectivity index (χ1v) is 10.6. The molecule has 0 bridgehead atoms. The lowest BCUT2D eigenvalue weighted by Crippen LogP contribution is -2.17. The number of aromatic amines is 1. The second-order valence-electron chi connectivity index (χ2n) is 7.59. The molecular weight excluding hydrogens is 388 g/mol. The number of ketones is 2. The van der Waals surface area contributed by atoms with Crippen molar-refractivity contribution in [3.05, 3.63) is 52.5 Å². The Bertz CT molecular complexity index is 1060. The molecule has 152 valence electrons. The van der Waals surface area contributed by atoms with Crippen LogP contribution in [0.3, 0.4) is 0 Å². The van der Waals surface area contributed by atoms with E-state index >= 15 is 0 Å². The van der Waals surface area contributed by atoms with Crippen molar-refractivity contribution >= 4 is 23.3 Å². The maximum absolute atomic E-state index is 13.1. The van der Waals surface area contributed by atoms with Crippen molar-refractivity contribution in [2.45, 2.75) is 63.4 Å². The molecule has 1 fully saturated rings. The summed E-state index contributed by atoms with van der Waals surface area (Å²) in [5.41, 5.74) is 2.53. The molecule has 1 saturated carbocycles. The average molecular weight is 413 g/mol. The first-order valence-electron chi connectivity index (χ1n) is 9.73. The lowest BCUT2D eigenvalue weighted by atomic mass is 10.0. The fourth-order valence-corrected chi connectivity index (χ4v) is 4.59. The number of hydrogen-bond donors (Lipinski definition) is 1. The molecule has 0 unspecified atom stereocenters. The number of hydrogen-bond acceptors (Lipinski definition) is 6. The van der Waals surface area contributed by atoms with Gasteiger partial charge in [0.25, 0.3) is 0 Å². The van der Waals surface area contributed by atoms with Gasteiger partial charge in [-0.15, -0.1) is 10.2 Å². The van der Waals surface area contributed by atoms with E-state index in [0.717, 1.165) is 30.1 Å². The third kappa shape index (κ3) is 3.81. The summed E-state index contributed by atoms with van der Waals surface area (Å²) >= 11 is 1.39. The van der Waals surface area contributed by atoms with Crippen LogP contribution in [-0.2, 0) is 6.54 Å². The molecule has 0 amide bonds. The zero-order valence-corrected chi connectivity index (χ0v) is 17.8. The van der Waals surface area contributed by atoms with Crippen molar-refractivity contribution in [2.24, 2.45) is 0 Å². The van der Waals surface area contributed by atoms with Crippen molar-refractivity contribution in [3.8, 4) is 0 Å². The zero-order valence-electron chi connectivity index (χ0n) is 17.0. The second-order valence-corrected chi connectivity index (χ2v) is 8.89. The molecule has 1 aliphatic carbocycles. The Kier molecular flexibility index (Phi) is 5.21. The standard InChI is InChI=1S/C21H24N4O3S/c1-11-17(13(3)26)12(2)22-18(11)19(27)14(4)29-21-24-23-20(15-7-8-15)25(21)10-16-6-5-9-28-16/h5-6,9,14-15,22H,7-8,10H2,1-4H3/t14-/m1/s1. The molecule has 29 heavy (non-hydrogen) atoms. The lowest BCUT2D eigenvalue weighted by molar-refractivity contribution is 0.0988. The molecule has 1 aliphatic rings. The van der Waals surface area contributed by atoms with E-state index in [2.05, 4.69) is 19.7 Å². The number of H-pyrrole nitrogens is 1. The summed E-state index contributed by atoms with van der Waals surface area (Å²) in [7, 11) is 0. The summed E-state index contributed by atoms with van der Waals surface area (Å²) < 4.78 is 7.56. The molecule has 3 aromatic heterocycles. The SMILES string of the molecule is CC(=O)c1c(C)[nH]c(C(=O)[C@@H](C)Sc2nnc(C3CC3)n2Cc2ccco2)c1C. The highest BCUT2D eigenvalue weighted by atomic mass is 32.2. The van der Waals surface area contributed by atoms with Crippen molar-refractivity contribution in [2.75, 3.05) is 0 Å². The summed E-state index contributed by atoms with van der Waals surface area (Å²) in [5.74, 6) is 2.12. The Labute approximate surface area is 173 Å². The summed E-state index contributed by atoms with van der Waals surface area (Å²) in [6.45, 7) is 7.56. The Balaban J connectivity index is 1.58. The van der Waals surface area contributed by atoms with Gasteiger partial charge in [-0.05, 0) is 58.2 Å². The van der Waals surface area contributed by atoms with Crippen LogP contribution in [0.5, 0.6) is 0 Å². The van der Waals surface area contributed by atoms with Crippen molar-refractivity contribution in [1.82, 2.24) is 19.7 Å². The predicted molar refractivity (Wildman–Crippen MR) is 110 cm³/mol. The van der Waals surface area contributed by atoms with Gasteiger partial charge in [0, 0.05) is 17.2 Å². The normalized spacial score (nSPS) is 14.9. The lowest BCUT2D eigenvalue weighted by Gasteiger charge is -2.12. The average Bonchev–Trinajstić information content (AvgIpc) is 3.10. The molecule has 4 rings (SSSR count). The Morgan fingerprint density at radius 3 is 2.69 bits per heavy atom. The number of aromatic nitrogens is 4. The molecular formula is C21H24N4O3S. The topological polar surface area (TPSA) is 93.8 Å². The summed E-state index contributed by atoms with van der Waals surface area (Å²) in [4.78, 5) is 28.1. The Hall–Kier alpha value is -2.61. The minimum absolute atomic E-state index is 0.0390. The van der Waals surface area contributed by atoms with E-state index in [-0.39, 0.29) is 16.8 Å². The summed E-state index contributed by atoms with van der Waals surface area (Å²) in [6.07, 6.45) is 3.88. The number of carbonyl (C=O) groups is 2. The summed E-state index contributed by atoms with van der Waals surface area (Å²) in [6, 6.07) is 3.78. The van der Waals surface area contributed by atoms with Gasteiger partial charge in [0.1, 0.15) is 11.6 Å². The fourth-order valence-electron chi connectivity index (χ4n) is 3.68. The van der Waals surface area contributed by atoms with E-state index < -0.39 is 0 Å². The van der Waals surface area contributed by atoms with Gasteiger partial charge in [0.2, 0.25) is 0 Å². The first-order chi connectivity index (χ1) is 13.9. The fraction of sp³-hybridized carbons (Fsp3) is 0.429. The molecule has 0 spiro atoms. The van der Waals surface area contributed by atoms with E-state index in [9.17, 15) is 9.59 Å². The molecule has 7 nitrogen and oxygen atoms in total. The molecule has 0 aromatic carbocycles. The third-order valence-corrected chi connectivity index (χ3v) is 6.35. The van der Waals surface area contributed by atoms with Crippen molar-refractivity contribution < 1.29 is 14.0 Å². The van der Waals surface area contributed by atoms with E-state index in [1.807, 2.05) is 32.9 Å².